The lowest BCUT2D eigenvalue weighted by Gasteiger charge is -2.17. The van der Waals surface area contributed by atoms with E-state index in [2.05, 4.69) is 15.6 Å². The summed E-state index contributed by atoms with van der Waals surface area (Å²) in [5.41, 5.74) is 0. The molecule has 1 unspecified atom stereocenters. The van der Waals surface area contributed by atoms with Crippen molar-refractivity contribution in [2.75, 3.05) is 19.3 Å². The molecule has 1 aromatic carbocycles. The number of rotatable bonds is 6. The van der Waals surface area contributed by atoms with E-state index in [1.165, 1.54) is 18.2 Å². The molecule has 5 nitrogen and oxygen atoms in total. The van der Waals surface area contributed by atoms with E-state index in [-0.39, 0.29) is 23.2 Å². The molecule has 8 heteroatoms. The molecule has 130 valence electrons. The number of hydrogen-bond acceptors (Lipinski definition) is 4. The summed E-state index contributed by atoms with van der Waals surface area (Å²) < 4.78 is 38.0. The molecule has 0 aliphatic heterocycles. The lowest BCUT2D eigenvalue weighted by atomic mass is 10.3. The zero-order valence-corrected chi connectivity index (χ0v) is 15.1. The van der Waals surface area contributed by atoms with E-state index in [1.54, 1.807) is 18.4 Å². The summed E-state index contributed by atoms with van der Waals surface area (Å²) in [6, 6.07) is 9.42. The largest absolute Gasteiger partial charge is 0.355 e. The van der Waals surface area contributed by atoms with Gasteiger partial charge in [0.15, 0.2) is 15.8 Å². The van der Waals surface area contributed by atoms with Crippen molar-refractivity contribution >= 4 is 27.1 Å². The molecule has 0 amide bonds. The van der Waals surface area contributed by atoms with Crippen molar-refractivity contribution in [3.8, 4) is 0 Å². The fourth-order valence-corrected chi connectivity index (χ4v) is 4.10. The van der Waals surface area contributed by atoms with Crippen LogP contribution in [0.15, 0.2) is 51.7 Å². The fourth-order valence-electron chi connectivity index (χ4n) is 2.12. The van der Waals surface area contributed by atoms with Crippen molar-refractivity contribution in [1.29, 1.82) is 0 Å². The maximum absolute atomic E-state index is 13.6. The monoisotopic (exact) mass is 369 g/mol. The number of halogens is 1. The van der Waals surface area contributed by atoms with Crippen molar-refractivity contribution in [2.24, 2.45) is 4.99 Å². The second kappa shape index (κ2) is 8.25. The Morgan fingerprint density at radius 1 is 1.29 bits per heavy atom. The molecule has 0 fully saturated rings. The highest BCUT2D eigenvalue weighted by atomic mass is 32.2. The zero-order valence-electron chi connectivity index (χ0n) is 13.5. The molecule has 1 heterocycles. The first-order valence-electron chi connectivity index (χ1n) is 7.42. The van der Waals surface area contributed by atoms with E-state index in [0.29, 0.717) is 5.96 Å². The minimum Gasteiger partial charge on any atom is -0.355 e. The molecule has 2 aromatic rings. The molecule has 0 saturated carbocycles. The summed E-state index contributed by atoms with van der Waals surface area (Å²) in [7, 11) is -2.07. The van der Waals surface area contributed by atoms with Gasteiger partial charge in [-0.2, -0.15) is 0 Å². The predicted octanol–water partition coefficient (Wildman–Crippen LogP) is 2.59. The Labute approximate surface area is 145 Å². The van der Waals surface area contributed by atoms with Gasteiger partial charge in [0.2, 0.25) is 0 Å². The molecule has 2 rings (SSSR count). The summed E-state index contributed by atoms with van der Waals surface area (Å²) in [6.07, 6.45) is 0. The van der Waals surface area contributed by atoms with Gasteiger partial charge in [0.1, 0.15) is 10.7 Å². The van der Waals surface area contributed by atoms with Crippen LogP contribution in [0.3, 0.4) is 0 Å². The zero-order chi connectivity index (χ0) is 17.6. The average Bonchev–Trinajstić information content (AvgIpc) is 3.08. The lowest BCUT2D eigenvalue weighted by Crippen LogP contribution is -2.40. The van der Waals surface area contributed by atoms with Gasteiger partial charge in [0, 0.05) is 18.5 Å². The SMILES string of the molecule is CN=C(NCCS(=O)(=O)c1ccccc1F)NC(C)c1cccs1. The number of benzene rings is 1. The summed E-state index contributed by atoms with van der Waals surface area (Å²) in [4.78, 5) is 4.95. The van der Waals surface area contributed by atoms with Gasteiger partial charge in [-0.05, 0) is 30.5 Å². The van der Waals surface area contributed by atoms with E-state index in [9.17, 15) is 12.8 Å². The van der Waals surface area contributed by atoms with Crippen LogP contribution in [0.2, 0.25) is 0 Å². The van der Waals surface area contributed by atoms with Gasteiger partial charge < -0.3 is 10.6 Å². The van der Waals surface area contributed by atoms with Gasteiger partial charge in [-0.1, -0.05) is 18.2 Å². The molecular weight excluding hydrogens is 349 g/mol. The number of aliphatic imine (C=N–C) groups is 1. The minimum atomic E-state index is -3.68. The van der Waals surface area contributed by atoms with Crippen LogP contribution in [-0.2, 0) is 9.84 Å². The summed E-state index contributed by atoms with van der Waals surface area (Å²) >= 11 is 1.63. The van der Waals surface area contributed by atoms with Gasteiger partial charge in [0.25, 0.3) is 0 Å². The van der Waals surface area contributed by atoms with Gasteiger partial charge in [-0.25, -0.2) is 12.8 Å². The maximum atomic E-state index is 13.6. The van der Waals surface area contributed by atoms with Crippen molar-refractivity contribution in [3.05, 3.63) is 52.5 Å². The van der Waals surface area contributed by atoms with Crippen LogP contribution in [0, 0.1) is 5.82 Å². The van der Waals surface area contributed by atoms with Crippen molar-refractivity contribution < 1.29 is 12.8 Å². The van der Waals surface area contributed by atoms with Crippen molar-refractivity contribution in [1.82, 2.24) is 10.6 Å². The molecule has 0 saturated heterocycles. The van der Waals surface area contributed by atoms with Gasteiger partial charge >= 0.3 is 0 Å². The Kier molecular flexibility index (Phi) is 6.33. The maximum Gasteiger partial charge on any atom is 0.191 e. The predicted molar refractivity (Wildman–Crippen MR) is 95.7 cm³/mol. The van der Waals surface area contributed by atoms with Crippen molar-refractivity contribution in [3.63, 3.8) is 0 Å². The first-order valence-corrected chi connectivity index (χ1v) is 9.95. The molecular formula is C16H20FN3O2S2. The summed E-state index contributed by atoms with van der Waals surface area (Å²) in [5, 5.41) is 8.13. The van der Waals surface area contributed by atoms with Crippen molar-refractivity contribution in [2.45, 2.75) is 17.9 Å². The third-order valence-electron chi connectivity index (χ3n) is 3.38. The van der Waals surface area contributed by atoms with Gasteiger partial charge in [-0.3, -0.25) is 4.99 Å². The molecule has 0 aliphatic rings. The van der Waals surface area contributed by atoms with E-state index >= 15 is 0 Å². The number of nitrogens with one attached hydrogen (secondary N) is 2. The Hall–Kier alpha value is -1.93. The number of nitrogens with zero attached hydrogens (tertiary/aromatic N) is 1. The molecule has 1 atom stereocenters. The Balaban J connectivity index is 1.91. The number of guanidine groups is 1. The van der Waals surface area contributed by atoms with Gasteiger partial charge in [0.05, 0.1) is 11.8 Å². The third-order valence-corrected chi connectivity index (χ3v) is 6.18. The molecule has 24 heavy (non-hydrogen) atoms. The van der Waals surface area contributed by atoms with Crippen LogP contribution in [0.5, 0.6) is 0 Å². The quantitative estimate of drug-likeness (QED) is 0.606. The number of thiophene rings is 1. The standard InChI is InChI=1S/C16H20FN3O2S2/c1-12(14-7-5-10-23-14)20-16(18-2)19-9-11-24(21,22)15-8-4-3-6-13(15)17/h3-8,10,12H,9,11H2,1-2H3,(H2,18,19,20). The Morgan fingerprint density at radius 3 is 2.67 bits per heavy atom. The lowest BCUT2D eigenvalue weighted by molar-refractivity contribution is 0.566. The van der Waals surface area contributed by atoms with E-state index < -0.39 is 15.7 Å². The first kappa shape index (κ1) is 18.4. The molecule has 1 aromatic heterocycles. The first-order chi connectivity index (χ1) is 11.4. The van der Waals surface area contributed by atoms with Crippen LogP contribution in [0.4, 0.5) is 4.39 Å². The fraction of sp³-hybridized carbons (Fsp3) is 0.312. The van der Waals surface area contributed by atoms with E-state index in [1.807, 2.05) is 24.4 Å². The minimum absolute atomic E-state index is 0.0550. The van der Waals surface area contributed by atoms with Gasteiger partial charge in [-0.15, -0.1) is 11.3 Å². The van der Waals surface area contributed by atoms with E-state index in [4.69, 9.17) is 0 Å². The van der Waals surface area contributed by atoms with Crippen LogP contribution in [-0.4, -0.2) is 33.7 Å². The Bertz CT molecular complexity index is 789. The molecule has 0 radical (unpaired) electrons. The highest BCUT2D eigenvalue weighted by Gasteiger charge is 2.18. The smallest absolute Gasteiger partial charge is 0.191 e. The number of hydrogen-bond donors (Lipinski definition) is 2. The molecule has 0 aliphatic carbocycles. The van der Waals surface area contributed by atoms with E-state index in [0.717, 1.165) is 10.9 Å². The van der Waals surface area contributed by atoms with Crippen LogP contribution in [0.1, 0.15) is 17.8 Å². The molecule has 0 bridgehead atoms. The second-order valence-electron chi connectivity index (χ2n) is 5.13. The second-order valence-corrected chi connectivity index (χ2v) is 8.19. The third kappa shape index (κ3) is 4.78. The van der Waals surface area contributed by atoms with Crippen LogP contribution in [0.25, 0.3) is 0 Å². The normalized spacial score (nSPS) is 13.5. The molecule has 2 N–H and O–H groups in total. The Morgan fingerprint density at radius 2 is 2.04 bits per heavy atom. The van der Waals surface area contributed by atoms with Crippen LogP contribution >= 0.6 is 11.3 Å². The highest BCUT2D eigenvalue weighted by Crippen LogP contribution is 2.18. The molecule has 0 spiro atoms. The highest BCUT2D eigenvalue weighted by molar-refractivity contribution is 7.91. The number of sulfone groups is 1. The average molecular weight is 369 g/mol. The van der Waals surface area contributed by atoms with Crippen LogP contribution < -0.4 is 10.6 Å². The summed E-state index contributed by atoms with van der Waals surface area (Å²) in [6.45, 7) is 2.13. The topological polar surface area (TPSA) is 70.6 Å². The summed E-state index contributed by atoms with van der Waals surface area (Å²) in [5.74, 6) is -0.451.